The summed E-state index contributed by atoms with van der Waals surface area (Å²) >= 11 is 0. The summed E-state index contributed by atoms with van der Waals surface area (Å²) in [6.07, 6.45) is 8.55. The molecular weight excluding hydrogens is 172 g/mol. The Morgan fingerprint density at radius 1 is 1.21 bits per heavy atom. The summed E-state index contributed by atoms with van der Waals surface area (Å²) in [7, 11) is 0. The number of hydrogen-bond donors (Lipinski definition) is 2. The molecule has 2 aliphatic rings. The molecule has 1 aliphatic carbocycles. The van der Waals surface area contributed by atoms with Crippen molar-refractivity contribution >= 4 is 0 Å². The van der Waals surface area contributed by atoms with Crippen LogP contribution >= 0.6 is 0 Å². The second-order valence-corrected chi connectivity index (χ2v) is 5.03. The van der Waals surface area contributed by atoms with E-state index in [1.54, 1.807) is 0 Å². The zero-order valence-electron chi connectivity index (χ0n) is 9.39. The molecule has 82 valence electrons. The first-order valence-electron chi connectivity index (χ1n) is 6.33. The van der Waals surface area contributed by atoms with E-state index >= 15 is 0 Å². The Labute approximate surface area is 87.8 Å². The average Bonchev–Trinajstić information content (AvgIpc) is 2.87. The van der Waals surface area contributed by atoms with Gasteiger partial charge in [-0.3, -0.25) is 0 Å². The van der Waals surface area contributed by atoms with E-state index in [9.17, 15) is 0 Å². The molecule has 0 aromatic carbocycles. The Morgan fingerprint density at radius 2 is 2.00 bits per heavy atom. The topological polar surface area (TPSA) is 24.1 Å². The Kier molecular flexibility index (Phi) is 3.82. The van der Waals surface area contributed by atoms with Crippen molar-refractivity contribution in [3.63, 3.8) is 0 Å². The molecule has 2 unspecified atom stereocenters. The van der Waals surface area contributed by atoms with Crippen molar-refractivity contribution in [2.24, 2.45) is 5.92 Å². The SMILES string of the molecule is CC(NCC1CCCN1)C1CCCC1. The fourth-order valence-corrected chi connectivity index (χ4v) is 2.88. The van der Waals surface area contributed by atoms with Gasteiger partial charge in [-0.15, -0.1) is 0 Å². The van der Waals surface area contributed by atoms with Gasteiger partial charge < -0.3 is 10.6 Å². The number of hydrogen-bond acceptors (Lipinski definition) is 2. The highest BCUT2D eigenvalue weighted by molar-refractivity contribution is 4.81. The first-order valence-corrected chi connectivity index (χ1v) is 6.33. The van der Waals surface area contributed by atoms with Crippen LogP contribution in [0.25, 0.3) is 0 Å². The van der Waals surface area contributed by atoms with Gasteiger partial charge in [0, 0.05) is 18.6 Å². The van der Waals surface area contributed by atoms with Crippen molar-refractivity contribution in [2.75, 3.05) is 13.1 Å². The van der Waals surface area contributed by atoms with Crippen LogP contribution in [0.1, 0.15) is 45.4 Å². The van der Waals surface area contributed by atoms with Crippen LogP contribution in [0.3, 0.4) is 0 Å². The lowest BCUT2D eigenvalue weighted by Crippen LogP contribution is -2.41. The average molecular weight is 196 g/mol. The van der Waals surface area contributed by atoms with E-state index < -0.39 is 0 Å². The highest BCUT2D eigenvalue weighted by Crippen LogP contribution is 2.27. The minimum Gasteiger partial charge on any atom is -0.313 e. The smallest absolute Gasteiger partial charge is 0.0193 e. The summed E-state index contributed by atoms with van der Waals surface area (Å²) in [5, 5.41) is 7.24. The van der Waals surface area contributed by atoms with E-state index in [1.807, 2.05) is 0 Å². The maximum atomic E-state index is 3.70. The van der Waals surface area contributed by atoms with E-state index in [0.717, 1.165) is 18.0 Å². The molecule has 2 N–H and O–H groups in total. The van der Waals surface area contributed by atoms with Gasteiger partial charge in [-0.2, -0.15) is 0 Å². The largest absolute Gasteiger partial charge is 0.313 e. The minimum absolute atomic E-state index is 0.736. The molecule has 1 saturated carbocycles. The Balaban J connectivity index is 1.63. The Bertz CT molecular complexity index is 158. The monoisotopic (exact) mass is 196 g/mol. The molecule has 14 heavy (non-hydrogen) atoms. The highest BCUT2D eigenvalue weighted by atomic mass is 15.0. The zero-order chi connectivity index (χ0) is 9.80. The molecule has 0 spiro atoms. The molecule has 2 nitrogen and oxygen atoms in total. The van der Waals surface area contributed by atoms with Gasteiger partial charge in [0.2, 0.25) is 0 Å². The molecule has 2 heteroatoms. The van der Waals surface area contributed by atoms with Gasteiger partial charge in [-0.25, -0.2) is 0 Å². The first kappa shape index (κ1) is 10.4. The van der Waals surface area contributed by atoms with Crippen LogP contribution in [0.5, 0.6) is 0 Å². The third-order valence-corrected chi connectivity index (χ3v) is 3.96. The van der Waals surface area contributed by atoms with E-state index in [2.05, 4.69) is 17.6 Å². The quantitative estimate of drug-likeness (QED) is 0.717. The maximum absolute atomic E-state index is 3.70. The van der Waals surface area contributed by atoms with Gasteiger partial charge in [0.05, 0.1) is 0 Å². The summed E-state index contributed by atoms with van der Waals surface area (Å²) in [4.78, 5) is 0. The second kappa shape index (κ2) is 5.13. The van der Waals surface area contributed by atoms with Crippen LogP contribution in [0.15, 0.2) is 0 Å². The predicted molar refractivity (Wildman–Crippen MR) is 60.4 cm³/mol. The van der Waals surface area contributed by atoms with Gasteiger partial charge in [-0.1, -0.05) is 12.8 Å². The van der Waals surface area contributed by atoms with E-state index in [4.69, 9.17) is 0 Å². The lowest BCUT2D eigenvalue weighted by atomic mass is 9.99. The van der Waals surface area contributed by atoms with Crippen molar-refractivity contribution in [3.05, 3.63) is 0 Å². The molecule has 0 bridgehead atoms. The van der Waals surface area contributed by atoms with Crippen molar-refractivity contribution in [3.8, 4) is 0 Å². The lowest BCUT2D eigenvalue weighted by molar-refractivity contribution is 0.365. The van der Waals surface area contributed by atoms with E-state index in [-0.39, 0.29) is 0 Å². The highest BCUT2D eigenvalue weighted by Gasteiger charge is 2.22. The molecule has 0 radical (unpaired) electrons. The first-order chi connectivity index (χ1) is 6.86. The summed E-state index contributed by atoms with van der Waals surface area (Å²) in [5.74, 6) is 0.955. The molecule has 0 aromatic heterocycles. The summed E-state index contributed by atoms with van der Waals surface area (Å²) in [6, 6.07) is 1.48. The lowest BCUT2D eigenvalue weighted by Gasteiger charge is -2.22. The van der Waals surface area contributed by atoms with Crippen LogP contribution in [-0.2, 0) is 0 Å². The maximum Gasteiger partial charge on any atom is 0.0193 e. The van der Waals surface area contributed by atoms with Crippen molar-refractivity contribution in [2.45, 2.75) is 57.5 Å². The predicted octanol–water partition coefficient (Wildman–Crippen LogP) is 1.91. The summed E-state index contributed by atoms with van der Waals surface area (Å²) in [5.41, 5.74) is 0. The second-order valence-electron chi connectivity index (χ2n) is 5.03. The summed E-state index contributed by atoms with van der Waals surface area (Å²) in [6.45, 7) is 4.77. The molecule has 1 heterocycles. The van der Waals surface area contributed by atoms with Gasteiger partial charge in [0.25, 0.3) is 0 Å². The molecule has 2 atom stereocenters. The Morgan fingerprint density at radius 3 is 2.64 bits per heavy atom. The third kappa shape index (κ3) is 2.71. The van der Waals surface area contributed by atoms with Crippen LogP contribution in [0, 0.1) is 5.92 Å². The van der Waals surface area contributed by atoms with Crippen LogP contribution in [0.4, 0.5) is 0 Å². The third-order valence-electron chi connectivity index (χ3n) is 3.96. The molecular formula is C12H24N2. The zero-order valence-corrected chi connectivity index (χ0v) is 9.39. The normalized spacial score (nSPS) is 31.1. The summed E-state index contributed by atoms with van der Waals surface area (Å²) < 4.78 is 0. The van der Waals surface area contributed by atoms with Gasteiger partial charge in [-0.05, 0) is 45.1 Å². The molecule has 0 aromatic rings. The minimum atomic E-state index is 0.736. The molecule has 2 rings (SSSR count). The fraction of sp³-hybridized carbons (Fsp3) is 1.00. The Hall–Kier alpha value is -0.0800. The van der Waals surface area contributed by atoms with Gasteiger partial charge in [0.1, 0.15) is 0 Å². The standard InChI is InChI=1S/C12H24N2/c1-10(11-5-2-3-6-11)14-9-12-7-4-8-13-12/h10-14H,2-9H2,1H3. The molecule has 2 fully saturated rings. The van der Waals surface area contributed by atoms with Gasteiger partial charge in [0.15, 0.2) is 0 Å². The number of rotatable bonds is 4. The molecule has 0 amide bonds. The fourth-order valence-electron chi connectivity index (χ4n) is 2.88. The molecule has 1 aliphatic heterocycles. The number of nitrogens with one attached hydrogen (secondary N) is 2. The van der Waals surface area contributed by atoms with E-state index in [1.165, 1.54) is 51.6 Å². The van der Waals surface area contributed by atoms with Crippen molar-refractivity contribution in [1.29, 1.82) is 0 Å². The van der Waals surface area contributed by atoms with Crippen LogP contribution in [0.2, 0.25) is 0 Å². The van der Waals surface area contributed by atoms with Crippen molar-refractivity contribution < 1.29 is 0 Å². The molecule has 1 saturated heterocycles. The van der Waals surface area contributed by atoms with Crippen molar-refractivity contribution in [1.82, 2.24) is 10.6 Å². The van der Waals surface area contributed by atoms with Gasteiger partial charge >= 0.3 is 0 Å². The van der Waals surface area contributed by atoms with E-state index in [0.29, 0.717) is 0 Å². The van der Waals surface area contributed by atoms with Crippen LogP contribution < -0.4 is 10.6 Å². The van der Waals surface area contributed by atoms with Crippen LogP contribution in [-0.4, -0.2) is 25.2 Å².